The zero-order chi connectivity index (χ0) is 10.8. The molecular formula is C11H13NO3. The van der Waals surface area contributed by atoms with Crippen LogP contribution in [0.2, 0.25) is 0 Å². The Morgan fingerprint density at radius 1 is 1.53 bits per heavy atom. The lowest BCUT2D eigenvalue weighted by atomic mass is 10.2. The second-order valence-electron chi connectivity index (χ2n) is 3.58. The molecule has 1 saturated carbocycles. The van der Waals surface area contributed by atoms with Gasteiger partial charge in [-0.05, 0) is 31.0 Å². The summed E-state index contributed by atoms with van der Waals surface area (Å²) < 4.78 is 5.63. The summed E-state index contributed by atoms with van der Waals surface area (Å²) in [5, 5.41) is 11.8. The number of ether oxygens (including phenoxy) is 1. The van der Waals surface area contributed by atoms with Crippen molar-refractivity contribution in [2.24, 2.45) is 0 Å². The van der Waals surface area contributed by atoms with Gasteiger partial charge in [-0.3, -0.25) is 0 Å². The third-order valence-corrected chi connectivity index (χ3v) is 2.31. The molecule has 0 radical (unpaired) electrons. The molecule has 0 spiro atoms. The zero-order valence-corrected chi connectivity index (χ0v) is 8.49. The first kappa shape index (κ1) is 9.83. The van der Waals surface area contributed by atoms with E-state index in [2.05, 4.69) is 5.32 Å². The number of rotatable bonds is 4. The molecule has 0 bridgehead atoms. The van der Waals surface area contributed by atoms with Crippen LogP contribution in [0.15, 0.2) is 18.2 Å². The lowest BCUT2D eigenvalue weighted by Gasteiger charge is -2.10. The van der Waals surface area contributed by atoms with E-state index < -0.39 is 5.97 Å². The van der Waals surface area contributed by atoms with Gasteiger partial charge in [-0.25, -0.2) is 4.79 Å². The predicted molar refractivity (Wildman–Crippen MR) is 56.6 cm³/mol. The van der Waals surface area contributed by atoms with Crippen molar-refractivity contribution in [1.82, 2.24) is 0 Å². The van der Waals surface area contributed by atoms with Crippen LogP contribution in [0.1, 0.15) is 23.2 Å². The molecule has 1 aliphatic carbocycles. The Bertz CT molecular complexity index is 385. The monoisotopic (exact) mass is 207 g/mol. The van der Waals surface area contributed by atoms with Gasteiger partial charge in [0.1, 0.15) is 5.75 Å². The van der Waals surface area contributed by atoms with E-state index in [1.807, 2.05) is 0 Å². The average Bonchev–Trinajstić information content (AvgIpc) is 3.02. The normalized spacial score (nSPS) is 14.7. The highest BCUT2D eigenvalue weighted by atomic mass is 16.5. The van der Waals surface area contributed by atoms with E-state index in [1.54, 1.807) is 25.2 Å². The first-order valence-corrected chi connectivity index (χ1v) is 4.92. The Hall–Kier alpha value is -1.71. The topological polar surface area (TPSA) is 58.6 Å². The molecule has 1 fully saturated rings. The highest BCUT2D eigenvalue weighted by molar-refractivity contribution is 5.89. The summed E-state index contributed by atoms with van der Waals surface area (Å²) in [6.45, 7) is 0. The number of hydrogen-bond donors (Lipinski definition) is 2. The van der Waals surface area contributed by atoms with Crippen molar-refractivity contribution >= 4 is 11.7 Å². The molecule has 0 heterocycles. The average molecular weight is 207 g/mol. The maximum absolute atomic E-state index is 10.7. The molecule has 4 heteroatoms. The zero-order valence-electron chi connectivity index (χ0n) is 8.49. The summed E-state index contributed by atoms with van der Waals surface area (Å²) in [5.41, 5.74) is 0.990. The summed E-state index contributed by atoms with van der Waals surface area (Å²) >= 11 is 0. The minimum absolute atomic E-state index is 0.266. The minimum atomic E-state index is -0.926. The van der Waals surface area contributed by atoms with Gasteiger partial charge in [0.2, 0.25) is 0 Å². The highest BCUT2D eigenvalue weighted by Gasteiger charge is 2.24. The molecule has 15 heavy (non-hydrogen) atoms. The van der Waals surface area contributed by atoms with E-state index in [-0.39, 0.29) is 5.56 Å². The van der Waals surface area contributed by atoms with Gasteiger partial charge in [-0.2, -0.15) is 0 Å². The van der Waals surface area contributed by atoms with Gasteiger partial charge in [-0.1, -0.05) is 0 Å². The van der Waals surface area contributed by atoms with Crippen LogP contribution in [-0.2, 0) is 0 Å². The molecule has 0 unspecified atom stereocenters. The molecule has 80 valence electrons. The summed E-state index contributed by atoms with van der Waals surface area (Å²) in [6, 6.07) is 4.84. The van der Waals surface area contributed by atoms with E-state index in [0.717, 1.165) is 24.3 Å². The fourth-order valence-electron chi connectivity index (χ4n) is 1.33. The Kier molecular flexibility index (Phi) is 2.49. The van der Waals surface area contributed by atoms with Crippen molar-refractivity contribution in [3.05, 3.63) is 23.8 Å². The van der Waals surface area contributed by atoms with E-state index in [0.29, 0.717) is 6.10 Å². The van der Waals surface area contributed by atoms with Gasteiger partial charge in [-0.15, -0.1) is 0 Å². The third kappa shape index (κ3) is 2.21. The van der Waals surface area contributed by atoms with Crippen molar-refractivity contribution in [3.63, 3.8) is 0 Å². The van der Waals surface area contributed by atoms with Crippen LogP contribution in [-0.4, -0.2) is 24.2 Å². The van der Waals surface area contributed by atoms with Gasteiger partial charge in [0.25, 0.3) is 0 Å². The Morgan fingerprint density at radius 2 is 2.27 bits per heavy atom. The summed E-state index contributed by atoms with van der Waals surface area (Å²) in [4.78, 5) is 10.7. The molecular weight excluding hydrogens is 194 g/mol. The third-order valence-electron chi connectivity index (χ3n) is 2.31. The summed E-state index contributed by atoms with van der Waals surface area (Å²) in [7, 11) is 1.75. The molecule has 4 nitrogen and oxygen atoms in total. The number of nitrogens with one attached hydrogen (secondary N) is 1. The van der Waals surface area contributed by atoms with Crippen LogP contribution in [0, 0.1) is 0 Å². The SMILES string of the molecule is CNc1cc(C(=O)O)ccc1OC1CC1. The van der Waals surface area contributed by atoms with E-state index in [1.165, 1.54) is 0 Å². The molecule has 1 aromatic carbocycles. The van der Waals surface area contributed by atoms with Crippen molar-refractivity contribution in [2.75, 3.05) is 12.4 Å². The van der Waals surface area contributed by atoms with E-state index in [9.17, 15) is 4.79 Å². The maximum atomic E-state index is 10.7. The van der Waals surface area contributed by atoms with Crippen molar-refractivity contribution in [3.8, 4) is 5.75 Å². The number of aromatic carboxylic acids is 1. The number of carboxylic acids is 1. The largest absolute Gasteiger partial charge is 0.488 e. The smallest absolute Gasteiger partial charge is 0.335 e. The number of anilines is 1. The van der Waals surface area contributed by atoms with Crippen LogP contribution < -0.4 is 10.1 Å². The molecule has 2 N–H and O–H groups in total. The summed E-state index contributed by atoms with van der Waals surface area (Å²) in [6.07, 6.45) is 2.49. The van der Waals surface area contributed by atoms with Crippen LogP contribution in [0.25, 0.3) is 0 Å². The Labute approximate surface area is 87.9 Å². The number of carbonyl (C=O) groups is 1. The second kappa shape index (κ2) is 3.81. The van der Waals surface area contributed by atoms with Gasteiger partial charge in [0, 0.05) is 7.05 Å². The van der Waals surface area contributed by atoms with Crippen LogP contribution in [0.3, 0.4) is 0 Å². The first-order valence-electron chi connectivity index (χ1n) is 4.92. The molecule has 0 aliphatic heterocycles. The number of benzene rings is 1. The molecule has 0 amide bonds. The van der Waals surface area contributed by atoms with Crippen LogP contribution in [0.5, 0.6) is 5.75 Å². The molecule has 1 aromatic rings. The van der Waals surface area contributed by atoms with Gasteiger partial charge >= 0.3 is 5.97 Å². The van der Waals surface area contributed by atoms with Gasteiger partial charge < -0.3 is 15.2 Å². The Balaban J connectivity index is 2.25. The predicted octanol–water partition coefficient (Wildman–Crippen LogP) is 1.97. The standard InChI is InChI=1S/C11H13NO3/c1-12-9-6-7(11(13)14)2-5-10(9)15-8-3-4-8/h2,5-6,8,12H,3-4H2,1H3,(H,13,14). The fraction of sp³-hybridized carbons (Fsp3) is 0.364. The molecule has 0 aromatic heterocycles. The molecule has 2 rings (SSSR count). The van der Waals surface area contributed by atoms with Gasteiger partial charge in [0.05, 0.1) is 17.4 Å². The van der Waals surface area contributed by atoms with Crippen molar-refractivity contribution in [1.29, 1.82) is 0 Å². The number of carboxylic acid groups (broad SMARTS) is 1. The fourth-order valence-corrected chi connectivity index (χ4v) is 1.33. The minimum Gasteiger partial charge on any atom is -0.488 e. The lowest BCUT2D eigenvalue weighted by molar-refractivity contribution is 0.0697. The number of hydrogen-bond acceptors (Lipinski definition) is 3. The lowest BCUT2D eigenvalue weighted by Crippen LogP contribution is -2.03. The van der Waals surface area contributed by atoms with Crippen LogP contribution >= 0.6 is 0 Å². The highest BCUT2D eigenvalue weighted by Crippen LogP contribution is 2.32. The van der Waals surface area contributed by atoms with Gasteiger partial charge in [0.15, 0.2) is 0 Å². The van der Waals surface area contributed by atoms with Crippen LogP contribution in [0.4, 0.5) is 5.69 Å². The Morgan fingerprint density at radius 3 is 2.80 bits per heavy atom. The maximum Gasteiger partial charge on any atom is 0.335 e. The summed E-state index contributed by atoms with van der Waals surface area (Å²) in [5.74, 6) is -0.200. The van der Waals surface area contributed by atoms with Crippen molar-refractivity contribution in [2.45, 2.75) is 18.9 Å². The first-order chi connectivity index (χ1) is 7.20. The molecule has 0 saturated heterocycles. The second-order valence-corrected chi connectivity index (χ2v) is 3.58. The quantitative estimate of drug-likeness (QED) is 0.792. The van der Waals surface area contributed by atoms with Crippen molar-refractivity contribution < 1.29 is 14.6 Å². The van der Waals surface area contributed by atoms with E-state index in [4.69, 9.17) is 9.84 Å². The van der Waals surface area contributed by atoms with E-state index >= 15 is 0 Å². The molecule has 1 aliphatic rings. The molecule has 0 atom stereocenters.